The Hall–Kier alpha value is -2.10. The molecule has 1 amide bonds. The Labute approximate surface area is 154 Å². The summed E-state index contributed by atoms with van der Waals surface area (Å²) in [6, 6.07) is 1.56. The number of thiol groups is 1. The monoisotopic (exact) mass is 399 g/mol. The van der Waals surface area contributed by atoms with Crippen LogP contribution in [0.1, 0.15) is 31.1 Å². The van der Waals surface area contributed by atoms with Gasteiger partial charge in [-0.1, -0.05) is 13.8 Å². The van der Waals surface area contributed by atoms with E-state index >= 15 is 0 Å². The van der Waals surface area contributed by atoms with Gasteiger partial charge in [0.05, 0.1) is 6.61 Å². The first-order valence-electron chi connectivity index (χ1n) is 7.45. The molecule has 0 spiro atoms. The number of carbonyl (C=O) groups excluding carboxylic acids is 3. The second-order valence-electron chi connectivity index (χ2n) is 4.03. The average molecular weight is 399 g/mol. The van der Waals surface area contributed by atoms with E-state index in [1.54, 1.807) is 6.26 Å². The standard InChI is InChI=1S/C13H11F4NO4.C2H6.CH4S/c1-2-22-11(20)9(18-12(21)13(15,16)17)10(19)7-3-5-8(14)6-4-7;2*1-2/h3-6,9H,2H2,1H3,(H,18,21);1-2H3;2H,1H3. The normalized spacial score (nSPS) is 11.0. The van der Waals surface area contributed by atoms with Crippen LogP contribution in [0, 0.1) is 5.82 Å². The number of hydrogen-bond donors (Lipinski definition) is 2. The van der Waals surface area contributed by atoms with E-state index in [4.69, 9.17) is 0 Å². The van der Waals surface area contributed by atoms with Crippen LogP contribution < -0.4 is 5.32 Å². The second kappa shape index (κ2) is 13.2. The third-order valence-corrected chi connectivity index (χ3v) is 2.45. The number of benzene rings is 1. The van der Waals surface area contributed by atoms with Gasteiger partial charge in [-0.25, -0.2) is 9.18 Å². The van der Waals surface area contributed by atoms with E-state index in [-0.39, 0.29) is 12.2 Å². The van der Waals surface area contributed by atoms with E-state index in [0.717, 1.165) is 24.3 Å². The molecular weight excluding hydrogens is 378 g/mol. The lowest BCUT2D eigenvalue weighted by atomic mass is 10.0. The maximum Gasteiger partial charge on any atom is 0.471 e. The summed E-state index contributed by atoms with van der Waals surface area (Å²) in [7, 11) is 0. The first-order chi connectivity index (χ1) is 12.2. The number of halogens is 4. The molecule has 1 aromatic rings. The van der Waals surface area contributed by atoms with Gasteiger partial charge in [0.15, 0.2) is 11.8 Å². The zero-order chi connectivity index (χ0) is 20.9. The number of nitrogens with one attached hydrogen (secondary N) is 1. The molecule has 10 heteroatoms. The molecule has 0 heterocycles. The SMILES string of the molecule is CC.CCOC(=O)C(NC(=O)C(F)(F)F)C(=O)c1ccc(F)cc1.CS. The van der Waals surface area contributed by atoms with Gasteiger partial charge in [-0.15, -0.1) is 0 Å². The van der Waals surface area contributed by atoms with Crippen LogP contribution in [-0.2, 0) is 14.3 Å². The van der Waals surface area contributed by atoms with Crippen molar-refractivity contribution in [2.24, 2.45) is 0 Å². The van der Waals surface area contributed by atoms with Crippen molar-refractivity contribution in [3.63, 3.8) is 0 Å². The predicted octanol–water partition coefficient (Wildman–Crippen LogP) is 3.19. The summed E-state index contributed by atoms with van der Waals surface area (Å²) in [6.07, 6.45) is -3.58. The van der Waals surface area contributed by atoms with Crippen molar-refractivity contribution in [2.75, 3.05) is 12.9 Å². The summed E-state index contributed by atoms with van der Waals surface area (Å²) in [5.74, 6) is -5.62. The smallest absolute Gasteiger partial charge is 0.464 e. The van der Waals surface area contributed by atoms with Crippen molar-refractivity contribution in [1.82, 2.24) is 5.32 Å². The summed E-state index contributed by atoms with van der Waals surface area (Å²) in [4.78, 5) is 34.5. The van der Waals surface area contributed by atoms with Crippen LogP contribution in [0.25, 0.3) is 0 Å². The third kappa shape index (κ3) is 8.84. The number of hydrogen-bond acceptors (Lipinski definition) is 5. The molecule has 0 fully saturated rings. The molecular formula is C16H21F4NO4S. The summed E-state index contributed by atoms with van der Waals surface area (Å²) >= 11 is 3.53. The summed E-state index contributed by atoms with van der Waals surface area (Å²) in [5, 5.41) is 1.27. The number of alkyl halides is 3. The molecule has 0 radical (unpaired) electrons. The van der Waals surface area contributed by atoms with E-state index < -0.39 is 35.7 Å². The fourth-order valence-electron chi connectivity index (χ4n) is 1.45. The number of rotatable bonds is 5. The molecule has 1 aromatic carbocycles. The Balaban J connectivity index is 0. The zero-order valence-electron chi connectivity index (χ0n) is 14.7. The number of ether oxygens (including phenoxy) is 1. The first-order valence-corrected chi connectivity index (χ1v) is 8.35. The molecule has 1 N–H and O–H groups in total. The van der Waals surface area contributed by atoms with Crippen molar-refractivity contribution >= 4 is 30.3 Å². The Morgan fingerprint density at radius 2 is 1.58 bits per heavy atom. The summed E-state index contributed by atoms with van der Waals surface area (Å²) < 4.78 is 54.0. The Kier molecular flexibility index (Phi) is 13.2. The highest BCUT2D eigenvalue weighted by molar-refractivity contribution is 7.79. The van der Waals surface area contributed by atoms with E-state index in [9.17, 15) is 31.9 Å². The number of amides is 1. The quantitative estimate of drug-likeness (QED) is 0.262. The van der Waals surface area contributed by atoms with Crippen LogP contribution in [0.4, 0.5) is 17.6 Å². The highest BCUT2D eigenvalue weighted by Gasteiger charge is 2.43. The van der Waals surface area contributed by atoms with Crippen LogP contribution in [0.15, 0.2) is 24.3 Å². The number of Topliss-reactive ketones (excluding diaryl/α,β-unsaturated/α-hetero) is 1. The molecule has 1 rings (SSSR count). The van der Waals surface area contributed by atoms with Crippen molar-refractivity contribution in [2.45, 2.75) is 33.0 Å². The molecule has 5 nitrogen and oxygen atoms in total. The largest absolute Gasteiger partial charge is 0.471 e. The number of esters is 1. The van der Waals surface area contributed by atoms with Gasteiger partial charge in [0.2, 0.25) is 0 Å². The van der Waals surface area contributed by atoms with Crippen LogP contribution in [0.3, 0.4) is 0 Å². The van der Waals surface area contributed by atoms with Crippen LogP contribution in [0.2, 0.25) is 0 Å². The first kappa shape index (κ1) is 26.1. The average Bonchev–Trinajstić information content (AvgIpc) is 2.62. The summed E-state index contributed by atoms with van der Waals surface area (Å²) in [6.45, 7) is 5.18. The van der Waals surface area contributed by atoms with Gasteiger partial charge in [0.25, 0.3) is 0 Å². The van der Waals surface area contributed by atoms with E-state index in [1.165, 1.54) is 12.2 Å². The van der Waals surface area contributed by atoms with Gasteiger partial charge in [-0.05, 0) is 37.4 Å². The molecule has 0 aliphatic rings. The minimum atomic E-state index is -5.27. The van der Waals surface area contributed by atoms with E-state index in [0.29, 0.717) is 0 Å². The zero-order valence-corrected chi connectivity index (χ0v) is 15.6. The highest BCUT2D eigenvalue weighted by Crippen LogP contribution is 2.16. The van der Waals surface area contributed by atoms with Gasteiger partial charge in [0.1, 0.15) is 5.82 Å². The Bertz CT molecular complexity index is 577. The fraction of sp³-hybridized carbons (Fsp3) is 0.438. The predicted molar refractivity (Wildman–Crippen MR) is 91.6 cm³/mol. The molecule has 0 saturated heterocycles. The molecule has 0 aliphatic carbocycles. The molecule has 148 valence electrons. The van der Waals surface area contributed by atoms with Crippen molar-refractivity contribution in [3.8, 4) is 0 Å². The van der Waals surface area contributed by atoms with Crippen LogP contribution >= 0.6 is 12.6 Å². The molecule has 0 saturated carbocycles. The second-order valence-corrected chi connectivity index (χ2v) is 4.03. The maximum absolute atomic E-state index is 12.8. The highest BCUT2D eigenvalue weighted by atomic mass is 32.1. The molecule has 26 heavy (non-hydrogen) atoms. The fourth-order valence-corrected chi connectivity index (χ4v) is 1.45. The molecule has 0 aromatic heterocycles. The van der Waals surface area contributed by atoms with E-state index in [1.807, 2.05) is 13.8 Å². The molecule has 0 bridgehead atoms. The topological polar surface area (TPSA) is 72.5 Å². The third-order valence-electron chi connectivity index (χ3n) is 2.45. The Morgan fingerprint density at radius 3 is 1.96 bits per heavy atom. The lowest BCUT2D eigenvalue weighted by Gasteiger charge is -2.17. The molecule has 1 atom stereocenters. The minimum Gasteiger partial charge on any atom is -0.464 e. The lowest BCUT2D eigenvalue weighted by Crippen LogP contribution is -2.51. The van der Waals surface area contributed by atoms with Gasteiger partial charge in [0, 0.05) is 5.56 Å². The lowest BCUT2D eigenvalue weighted by molar-refractivity contribution is -0.175. The van der Waals surface area contributed by atoms with Gasteiger partial charge >= 0.3 is 18.1 Å². The summed E-state index contributed by atoms with van der Waals surface area (Å²) in [5.41, 5.74) is -0.248. The van der Waals surface area contributed by atoms with Crippen molar-refractivity contribution in [3.05, 3.63) is 35.6 Å². The number of ketones is 1. The van der Waals surface area contributed by atoms with Crippen molar-refractivity contribution in [1.29, 1.82) is 0 Å². The number of carbonyl (C=O) groups is 3. The minimum absolute atomic E-state index is 0.200. The van der Waals surface area contributed by atoms with Gasteiger partial charge in [-0.2, -0.15) is 25.8 Å². The van der Waals surface area contributed by atoms with Crippen molar-refractivity contribution < 1.29 is 36.7 Å². The van der Waals surface area contributed by atoms with Gasteiger partial charge < -0.3 is 10.1 Å². The molecule has 1 unspecified atom stereocenters. The molecule has 0 aliphatic heterocycles. The van der Waals surface area contributed by atoms with Gasteiger partial charge in [-0.3, -0.25) is 9.59 Å². The Morgan fingerprint density at radius 1 is 1.12 bits per heavy atom. The van der Waals surface area contributed by atoms with E-state index in [2.05, 4.69) is 17.4 Å². The maximum atomic E-state index is 12.8. The van der Waals surface area contributed by atoms with Crippen LogP contribution in [0.5, 0.6) is 0 Å². The van der Waals surface area contributed by atoms with Crippen LogP contribution in [-0.4, -0.2) is 42.7 Å².